The Morgan fingerprint density at radius 3 is 1.00 bits per heavy atom. The summed E-state index contributed by atoms with van der Waals surface area (Å²) >= 11 is 0. The minimum absolute atomic E-state index is 0.850. The van der Waals surface area contributed by atoms with E-state index in [4.69, 9.17) is 4.74 Å². The van der Waals surface area contributed by atoms with Crippen LogP contribution in [0.3, 0.4) is 0 Å². The first-order chi connectivity index (χ1) is 12.9. The summed E-state index contributed by atoms with van der Waals surface area (Å²) in [5, 5.41) is 0. The van der Waals surface area contributed by atoms with Crippen LogP contribution in [-0.2, 0) is 4.74 Å². The van der Waals surface area contributed by atoms with E-state index in [1.165, 1.54) is 135 Å². The van der Waals surface area contributed by atoms with E-state index < -0.39 is 0 Å². The van der Waals surface area contributed by atoms with Crippen LogP contribution in [0.2, 0.25) is 0 Å². The Bertz CT molecular complexity index is 249. The summed E-state index contributed by atoms with van der Waals surface area (Å²) in [5.41, 5.74) is 0. The average Bonchev–Trinajstić information content (AvgIpc) is 2.66. The molecule has 0 bridgehead atoms. The van der Waals surface area contributed by atoms with E-state index in [0.29, 0.717) is 0 Å². The third kappa shape index (κ3) is 23.5. The predicted molar refractivity (Wildman–Crippen MR) is 119 cm³/mol. The van der Waals surface area contributed by atoms with Gasteiger partial charge in [-0.3, -0.25) is 0 Å². The second-order valence-electron chi connectivity index (χ2n) is 8.11. The van der Waals surface area contributed by atoms with Gasteiger partial charge in [-0.2, -0.15) is 0 Å². The topological polar surface area (TPSA) is 9.23 Å². The van der Waals surface area contributed by atoms with Crippen molar-refractivity contribution in [3.05, 3.63) is 12.8 Å². The summed E-state index contributed by atoms with van der Waals surface area (Å²) in [7, 11) is 0. The van der Waals surface area contributed by atoms with Gasteiger partial charge in [0.1, 0.15) is 0 Å². The number of rotatable bonds is 23. The highest BCUT2D eigenvalue weighted by Gasteiger charge is 1.95. The van der Waals surface area contributed by atoms with Crippen molar-refractivity contribution in [3.63, 3.8) is 0 Å². The van der Waals surface area contributed by atoms with Crippen molar-refractivity contribution in [2.45, 2.75) is 142 Å². The summed E-state index contributed by atoms with van der Waals surface area (Å²) in [4.78, 5) is 0. The second kappa shape index (κ2) is 24.5. The number of hydrogen-bond donors (Lipinski definition) is 0. The molecule has 0 radical (unpaired) electrons. The van der Waals surface area contributed by atoms with Gasteiger partial charge in [0.05, 0.1) is 12.9 Å². The first-order valence-corrected chi connectivity index (χ1v) is 12.1. The summed E-state index contributed by atoms with van der Waals surface area (Å²) < 4.78 is 5.14. The molecule has 0 aromatic rings. The average molecular weight is 367 g/mol. The molecule has 0 fully saturated rings. The summed E-state index contributed by atoms with van der Waals surface area (Å²) in [6.45, 7) is 6.71. The van der Waals surface area contributed by atoms with Gasteiger partial charge in [-0.15, -0.1) is 0 Å². The molecule has 0 aliphatic heterocycles. The molecule has 0 saturated heterocycles. The molecule has 0 amide bonds. The zero-order valence-corrected chi connectivity index (χ0v) is 18.2. The fraction of sp³-hybridized carbons (Fsp3) is 0.920. The fourth-order valence-electron chi connectivity index (χ4n) is 3.70. The zero-order chi connectivity index (χ0) is 19.0. The minimum atomic E-state index is 0.850. The van der Waals surface area contributed by atoms with Crippen LogP contribution < -0.4 is 0 Å². The molecule has 1 heteroatoms. The van der Waals surface area contributed by atoms with Crippen molar-refractivity contribution in [2.24, 2.45) is 0 Å². The van der Waals surface area contributed by atoms with E-state index in [0.717, 1.165) is 6.61 Å². The van der Waals surface area contributed by atoms with Gasteiger partial charge in [-0.05, 0) is 6.42 Å². The summed E-state index contributed by atoms with van der Waals surface area (Å²) in [6.07, 6.45) is 31.7. The quantitative estimate of drug-likeness (QED) is 0.129. The normalized spacial score (nSPS) is 11.0. The third-order valence-corrected chi connectivity index (χ3v) is 5.48. The van der Waals surface area contributed by atoms with Crippen LogP contribution in [0.4, 0.5) is 0 Å². The molecule has 0 aromatic heterocycles. The lowest BCUT2D eigenvalue weighted by Crippen LogP contribution is -1.87. The van der Waals surface area contributed by atoms with Gasteiger partial charge in [0.2, 0.25) is 0 Å². The molecule has 26 heavy (non-hydrogen) atoms. The van der Waals surface area contributed by atoms with Crippen molar-refractivity contribution in [1.29, 1.82) is 0 Å². The summed E-state index contributed by atoms with van der Waals surface area (Å²) in [6, 6.07) is 0. The van der Waals surface area contributed by atoms with E-state index in [1.54, 1.807) is 6.26 Å². The van der Waals surface area contributed by atoms with Gasteiger partial charge < -0.3 is 4.74 Å². The standard InChI is InChI=1S/C25H50O/c1-3-5-6-7-8-9-10-11-12-13-14-15-16-17-18-19-20-21-22-23-24-25-26-4-2/h4H,2-3,5-25H2,1H3. The molecular formula is C25H50O. The molecule has 0 spiro atoms. The Labute approximate surface area is 166 Å². The van der Waals surface area contributed by atoms with E-state index in [9.17, 15) is 0 Å². The molecule has 0 rings (SSSR count). The molecule has 0 aliphatic carbocycles. The molecule has 1 nitrogen and oxygen atoms in total. The Hall–Kier alpha value is -0.460. The van der Waals surface area contributed by atoms with Crippen LogP contribution in [0.5, 0.6) is 0 Å². The first-order valence-electron chi connectivity index (χ1n) is 12.1. The molecule has 0 N–H and O–H groups in total. The monoisotopic (exact) mass is 366 g/mol. The lowest BCUT2D eigenvalue weighted by Gasteiger charge is -2.04. The Balaban J connectivity index is 2.96. The molecule has 156 valence electrons. The van der Waals surface area contributed by atoms with Gasteiger partial charge in [-0.1, -0.05) is 142 Å². The zero-order valence-electron chi connectivity index (χ0n) is 18.2. The molecule has 0 heterocycles. The molecule has 0 atom stereocenters. The second-order valence-corrected chi connectivity index (χ2v) is 8.11. The van der Waals surface area contributed by atoms with Crippen molar-refractivity contribution < 1.29 is 4.74 Å². The van der Waals surface area contributed by atoms with Crippen LogP contribution in [0, 0.1) is 0 Å². The molecule has 0 unspecified atom stereocenters. The highest BCUT2D eigenvalue weighted by molar-refractivity contribution is 4.52. The van der Waals surface area contributed by atoms with Gasteiger partial charge in [0, 0.05) is 0 Å². The van der Waals surface area contributed by atoms with E-state index >= 15 is 0 Å². The SMILES string of the molecule is C=COCCCCCCCCCCCCCCCCCCCCCCC. The Morgan fingerprint density at radius 2 is 0.731 bits per heavy atom. The first kappa shape index (κ1) is 25.5. The smallest absolute Gasteiger partial charge is 0.0873 e. The van der Waals surface area contributed by atoms with Gasteiger partial charge in [-0.25, -0.2) is 0 Å². The van der Waals surface area contributed by atoms with Crippen molar-refractivity contribution in [2.75, 3.05) is 6.61 Å². The maximum atomic E-state index is 5.14. The molecule has 0 aromatic carbocycles. The maximum absolute atomic E-state index is 5.14. The lowest BCUT2D eigenvalue weighted by atomic mass is 10.0. The lowest BCUT2D eigenvalue weighted by molar-refractivity contribution is 0.241. The maximum Gasteiger partial charge on any atom is 0.0873 e. The number of unbranched alkanes of at least 4 members (excludes halogenated alkanes) is 20. The van der Waals surface area contributed by atoms with E-state index in [-0.39, 0.29) is 0 Å². The fourth-order valence-corrected chi connectivity index (χ4v) is 3.70. The Kier molecular flexibility index (Phi) is 24.1. The third-order valence-electron chi connectivity index (χ3n) is 5.48. The minimum Gasteiger partial charge on any atom is -0.502 e. The van der Waals surface area contributed by atoms with Crippen molar-refractivity contribution in [1.82, 2.24) is 0 Å². The number of ether oxygens (including phenoxy) is 1. The molecular weight excluding hydrogens is 316 g/mol. The van der Waals surface area contributed by atoms with Crippen LogP contribution in [0.1, 0.15) is 142 Å². The van der Waals surface area contributed by atoms with Crippen LogP contribution in [-0.4, -0.2) is 6.61 Å². The van der Waals surface area contributed by atoms with Gasteiger partial charge in [0.25, 0.3) is 0 Å². The van der Waals surface area contributed by atoms with Crippen LogP contribution >= 0.6 is 0 Å². The van der Waals surface area contributed by atoms with E-state index in [1.807, 2.05) is 0 Å². The van der Waals surface area contributed by atoms with Crippen molar-refractivity contribution >= 4 is 0 Å². The van der Waals surface area contributed by atoms with Gasteiger partial charge in [0.15, 0.2) is 0 Å². The van der Waals surface area contributed by atoms with Crippen LogP contribution in [0.25, 0.3) is 0 Å². The largest absolute Gasteiger partial charge is 0.502 e. The number of hydrogen-bond acceptors (Lipinski definition) is 1. The predicted octanol–water partition coefficient (Wildman–Crippen LogP) is 9.36. The highest BCUT2D eigenvalue weighted by Crippen LogP contribution is 2.15. The highest BCUT2D eigenvalue weighted by atomic mass is 16.5. The van der Waals surface area contributed by atoms with Crippen molar-refractivity contribution in [3.8, 4) is 0 Å². The van der Waals surface area contributed by atoms with Crippen LogP contribution in [0.15, 0.2) is 12.8 Å². The molecule has 0 aliphatic rings. The van der Waals surface area contributed by atoms with E-state index in [2.05, 4.69) is 13.5 Å². The summed E-state index contributed by atoms with van der Waals surface area (Å²) in [5.74, 6) is 0. The Morgan fingerprint density at radius 1 is 0.462 bits per heavy atom. The van der Waals surface area contributed by atoms with Gasteiger partial charge >= 0.3 is 0 Å². The molecule has 0 saturated carbocycles.